The Morgan fingerprint density at radius 1 is 1.03 bits per heavy atom. The summed E-state index contributed by atoms with van der Waals surface area (Å²) in [6.45, 7) is 1.92. The predicted molar refractivity (Wildman–Crippen MR) is 129 cm³/mol. The third kappa shape index (κ3) is 4.92. The molecule has 8 nitrogen and oxygen atoms in total. The molecule has 0 saturated carbocycles. The number of methoxy groups -OCH3 is 1. The number of amides is 1. The Balaban J connectivity index is 1.69. The van der Waals surface area contributed by atoms with Crippen molar-refractivity contribution in [1.82, 2.24) is 14.8 Å². The van der Waals surface area contributed by atoms with E-state index in [-0.39, 0.29) is 22.9 Å². The van der Waals surface area contributed by atoms with Crippen molar-refractivity contribution in [2.45, 2.75) is 6.92 Å². The Morgan fingerprint density at radius 2 is 1.82 bits per heavy atom. The van der Waals surface area contributed by atoms with E-state index in [1.54, 1.807) is 43.3 Å². The molecule has 0 atom stereocenters. The van der Waals surface area contributed by atoms with Gasteiger partial charge in [0.25, 0.3) is 5.91 Å². The van der Waals surface area contributed by atoms with E-state index in [1.807, 2.05) is 30.3 Å². The summed E-state index contributed by atoms with van der Waals surface area (Å²) in [5.41, 5.74) is 2.29. The van der Waals surface area contributed by atoms with Crippen LogP contribution in [0.1, 0.15) is 27.8 Å². The molecule has 0 radical (unpaired) electrons. The maximum absolute atomic E-state index is 13.2. The standard InChI is InChI=1S/C25H21ClN4O4/c1-3-34-25(32)21-15-22(30(29-21)17-8-5-4-6-9-17)28-24(31)18-14-16(12-13-19(18)26)20-10-7-11-23(27-20)33-2/h4-15H,3H2,1-2H3,(H,28,31). The fourth-order valence-electron chi connectivity index (χ4n) is 3.27. The highest BCUT2D eigenvalue weighted by Crippen LogP contribution is 2.27. The van der Waals surface area contributed by atoms with Crippen LogP contribution in [0.5, 0.6) is 5.88 Å². The summed E-state index contributed by atoms with van der Waals surface area (Å²) in [4.78, 5) is 29.9. The highest BCUT2D eigenvalue weighted by molar-refractivity contribution is 6.34. The Hall–Kier alpha value is -4.17. The van der Waals surface area contributed by atoms with Crippen LogP contribution in [-0.2, 0) is 4.74 Å². The molecule has 0 fully saturated rings. The van der Waals surface area contributed by atoms with Crippen LogP contribution in [0.4, 0.5) is 5.82 Å². The molecule has 0 aliphatic rings. The van der Waals surface area contributed by atoms with Crippen LogP contribution in [0.3, 0.4) is 0 Å². The van der Waals surface area contributed by atoms with Gasteiger partial charge in [0.15, 0.2) is 5.69 Å². The van der Waals surface area contributed by atoms with Crippen LogP contribution in [-0.4, -0.2) is 40.4 Å². The fraction of sp³-hybridized carbons (Fsp3) is 0.120. The number of aromatic nitrogens is 3. The summed E-state index contributed by atoms with van der Waals surface area (Å²) >= 11 is 6.35. The first kappa shape index (κ1) is 23.0. The number of carbonyl (C=O) groups excluding carboxylic acids is 2. The lowest BCUT2D eigenvalue weighted by Gasteiger charge is -2.11. The van der Waals surface area contributed by atoms with Crippen molar-refractivity contribution in [1.29, 1.82) is 0 Å². The van der Waals surface area contributed by atoms with Crippen molar-refractivity contribution in [3.8, 4) is 22.8 Å². The normalized spacial score (nSPS) is 10.6. The average Bonchev–Trinajstić information content (AvgIpc) is 3.29. The second-order valence-electron chi connectivity index (χ2n) is 7.10. The van der Waals surface area contributed by atoms with Gasteiger partial charge in [-0.1, -0.05) is 41.9 Å². The molecule has 0 spiro atoms. The number of esters is 1. The number of carbonyl (C=O) groups is 2. The molecule has 4 aromatic rings. The third-order valence-corrected chi connectivity index (χ3v) is 5.21. The van der Waals surface area contributed by atoms with Crippen LogP contribution in [0, 0.1) is 0 Å². The van der Waals surface area contributed by atoms with Crippen LogP contribution in [0.2, 0.25) is 5.02 Å². The largest absolute Gasteiger partial charge is 0.481 e. The predicted octanol–water partition coefficient (Wildman–Crippen LogP) is 5.03. The maximum Gasteiger partial charge on any atom is 0.358 e. The van der Waals surface area contributed by atoms with Crippen molar-refractivity contribution in [3.63, 3.8) is 0 Å². The number of nitrogens with zero attached hydrogens (tertiary/aromatic N) is 3. The van der Waals surface area contributed by atoms with Crippen molar-refractivity contribution in [2.75, 3.05) is 19.0 Å². The topological polar surface area (TPSA) is 95.3 Å². The number of para-hydroxylation sites is 1. The average molecular weight is 477 g/mol. The SMILES string of the molecule is CCOC(=O)c1cc(NC(=O)c2cc(-c3cccc(OC)n3)ccc2Cl)n(-c2ccccc2)n1. The van der Waals surface area contributed by atoms with Crippen molar-refractivity contribution in [2.24, 2.45) is 0 Å². The number of nitrogens with one attached hydrogen (secondary N) is 1. The number of ether oxygens (including phenoxy) is 2. The van der Waals surface area contributed by atoms with Crippen molar-refractivity contribution in [3.05, 3.63) is 89.1 Å². The Morgan fingerprint density at radius 3 is 2.56 bits per heavy atom. The maximum atomic E-state index is 13.2. The van der Waals surface area contributed by atoms with Crippen LogP contribution in [0.15, 0.2) is 72.8 Å². The molecule has 2 heterocycles. The first-order chi connectivity index (χ1) is 16.5. The van der Waals surface area contributed by atoms with E-state index in [9.17, 15) is 9.59 Å². The lowest BCUT2D eigenvalue weighted by Crippen LogP contribution is -2.15. The van der Waals surface area contributed by atoms with E-state index in [0.29, 0.717) is 28.6 Å². The second-order valence-corrected chi connectivity index (χ2v) is 7.50. The molecule has 0 unspecified atom stereocenters. The number of halogens is 1. The zero-order valence-corrected chi connectivity index (χ0v) is 19.2. The minimum Gasteiger partial charge on any atom is -0.481 e. The lowest BCUT2D eigenvalue weighted by molar-refractivity contribution is 0.0518. The molecule has 34 heavy (non-hydrogen) atoms. The van der Waals surface area contributed by atoms with Gasteiger partial charge >= 0.3 is 5.97 Å². The van der Waals surface area contributed by atoms with E-state index in [4.69, 9.17) is 21.1 Å². The quantitative estimate of drug-likeness (QED) is 0.376. The first-order valence-electron chi connectivity index (χ1n) is 10.4. The zero-order chi connectivity index (χ0) is 24.1. The van der Waals surface area contributed by atoms with Gasteiger partial charge in [-0.3, -0.25) is 4.79 Å². The van der Waals surface area contributed by atoms with Crippen LogP contribution >= 0.6 is 11.6 Å². The fourth-order valence-corrected chi connectivity index (χ4v) is 3.48. The van der Waals surface area contributed by atoms with Gasteiger partial charge in [-0.25, -0.2) is 14.5 Å². The molecule has 1 N–H and O–H groups in total. The summed E-state index contributed by atoms with van der Waals surface area (Å²) in [6, 6.07) is 21.0. The van der Waals surface area contributed by atoms with E-state index in [1.165, 1.54) is 17.9 Å². The number of pyridine rings is 1. The molecule has 0 saturated heterocycles. The number of anilines is 1. The molecule has 2 aromatic carbocycles. The van der Waals surface area contributed by atoms with E-state index >= 15 is 0 Å². The minimum absolute atomic E-state index is 0.0708. The summed E-state index contributed by atoms with van der Waals surface area (Å²) in [5, 5.41) is 7.40. The number of hydrogen-bond donors (Lipinski definition) is 1. The van der Waals surface area contributed by atoms with Gasteiger partial charge in [-0.15, -0.1) is 0 Å². The van der Waals surface area contributed by atoms with Gasteiger partial charge in [0, 0.05) is 17.7 Å². The monoisotopic (exact) mass is 476 g/mol. The Bertz CT molecular complexity index is 1340. The smallest absolute Gasteiger partial charge is 0.358 e. The molecule has 4 rings (SSSR count). The third-order valence-electron chi connectivity index (χ3n) is 4.88. The van der Waals surface area contributed by atoms with Gasteiger partial charge in [-0.05, 0) is 37.3 Å². The molecule has 1 amide bonds. The van der Waals surface area contributed by atoms with Gasteiger partial charge in [-0.2, -0.15) is 5.10 Å². The molecule has 172 valence electrons. The Labute approximate surface area is 201 Å². The highest BCUT2D eigenvalue weighted by Gasteiger charge is 2.20. The number of benzene rings is 2. The van der Waals surface area contributed by atoms with E-state index in [0.717, 1.165) is 0 Å². The second kappa shape index (κ2) is 10.2. The van der Waals surface area contributed by atoms with Crippen LogP contribution < -0.4 is 10.1 Å². The lowest BCUT2D eigenvalue weighted by atomic mass is 10.1. The van der Waals surface area contributed by atoms with E-state index in [2.05, 4.69) is 15.4 Å². The summed E-state index contributed by atoms with van der Waals surface area (Å²) in [5.74, 6) is -0.309. The number of hydrogen-bond acceptors (Lipinski definition) is 6. The zero-order valence-electron chi connectivity index (χ0n) is 18.5. The molecule has 9 heteroatoms. The molecule has 0 aliphatic heterocycles. The summed E-state index contributed by atoms with van der Waals surface area (Å²) in [7, 11) is 1.54. The molecule has 0 aliphatic carbocycles. The van der Waals surface area contributed by atoms with Gasteiger partial charge in [0.2, 0.25) is 5.88 Å². The summed E-state index contributed by atoms with van der Waals surface area (Å²) < 4.78 is 11.7. The van der Waals surface area contributed by atoms with Crippen LogP contribution in [0.25, 0.3) is 16.9 Å². The minimum atomic E-state index is -0.586. The van der Waals surface area contributed by atoms with Gasteiger partial charge < -0.3 is 14.8 Å². The van der Waals surface area contributed by atoms with Gasteiger partial charge in [0.1, 0.15) is 5.82 Å². The first-order valence-corrected chi connectivity index (χ1v) is 10.8. The highest BCUT2D eigenvalue weighted by atomic mass is 35.5. The summed E-state index contributed by atoms with van der Waals surface area (Å²) in [6.07, 6.45) is 0. The molecule has 0 bridgehead atoms. The van der Waals surface area contributed by atoms with Crippen molar-refractivity contribution < 1.29 is 19.1 Å². The molecular weight excluding hydrogens is 456 g/mol. The number of rotatable bonds is 7. The van der Waals surface area contributed by atoms with Crippen molar-refractivity contribution >= 4 is 29.3 Å². The molecular formula is C25H21ClN4O4. The van der Waals surface area contributed by atoms with Gasteiger partial charge in [0.05, 0.1) is 35.7 Å². The Kier molecular flexibility index (Phi) is 6.89. The molecule has 2 aromatic heterocycles. The van der Waals surface area contributed by atoms with E-state index < -0.39 is 11.9 Å².